The van der Waals surface area contributed by atoms with Crippen LogP contribution in [0.2, 0.25) is 0 Å². The van der Waals surface area contributed by atoms with Crippen LogP contribution in [0.4, 0.5) is 11.5 Å². The van der Waals surface area contributed by atoms with Gasteiger partial charge in [0.2, 0.25) is 0 Å². The summed E-state index contributed by atoms with van der Waals surface area (Å²) in [6, 6.07) is 28.8. The van der Waals surface area contributed by atoms with E-state index >= 15 is 0 Å². The monoisotopic (exact) mass is 420 g/mol. The van der Waals surface area contributed by atoms with Gasteiger partial charge in [-0.3, -0.25) is 0 Å². The summed E-state index contributed by atoms with van der Waals surface area (Å²) in [4.78, 5) is 7.45. The van der Waals surface area contributed by atoms with E-state index in [-0.39, 0.29) is 0 Å². The summed E-state index contributed by atoms with van der Waals surface area (Å²) in [6.45, 7) is 1.08. The lowest BCUT2D eigenvalue weighted by Gasteiger charge is -2.15. The second kappa shape index (κ2) is 8.86. The van der Waals surface area contributed by atoms with E-state index in [1.54, 1.807) is 6.20 Å². The molecule has 2 aromatic heterocycles. The number of nitrogen functional groups attached to an aromatic ring is 1. The number of nitrogens with zero attached hydrogens (tertiary/aromatic N) is 1. The number of aromatic nitrogens is 2. The molecule has 158 valence electrons. The van der Waals surface area contributed by atoms with E-state index in [1.807, 2.05) is 42.6 Å². The molecule has 2 heterocycles. The van der Waals surface area contributed by atoms with Crippen LogP contribution in [0, 0.1) is 0 Å². The molecule has 3 aromatic carbocycles. The van der Waals surface area contributed by atoms with Gasteiger partial charge in [-0.2, -0.15) is 0 Å². The summed E-state index contributed by atoms with van der Waals surface area (Å²) in [7, 11) is 0. The number of nitrogens with one attached hydrogen (secondary N) is 2. The number of fused-ring (bicyclic) bond motifs is 1. The van der Waals surface area contributed by atoms with E-state index in [0.29, 0.717) is 19.0 Å². The number of anilines is 2. The molecule has 0 aliphatic heterocycles. The predicted octanol–water partition coefficient (Wildman–Crippen LogP) is 6.00. The molecule has 5 rings (SSSR count). The summed E-state index contributed by atoms with van der Waals surface area (Å²) in [5, 5.41) is 4.60. The lowest BCUT2D eigenvalue weighted by Crippen LogP contribution is -2.06. The molecule has 0 spiro atoms. The zero-order chi connectivity index (χ0) is 21.8. The van der Waals surface area contributed by atoms with Crippen molar-refractivity contribution in [3.63, 3.8) is 0 Å². The van der Waals surface area contributed by atoms with Crippen molar-refractivity contribution >= 4 is 22.4 Å². The first-order valence-corrected chi connectivity index (χ1v) is 10.6. The van der Waals surface area contributed by atoms with Crippen LogP contribution in [0.1, 0.15) is 11.1 Å². The van der Waals surface area contributed by atoms with Crippen LogP contribution >= 0.6 is 0 Å². The number of H-pyrrole nitrogens is 1. The minimum absolute atomic E-state index is 0.479. The summed E-state index contributed by atoms with van der Waals surface area (Å²) >= 11 is 0. The van der Waals surface area contributed by atoms with Gasteiger partial charge in [-0.05, 0) is 58.5 Å². The Morgan fingerprint density at radius 1 is 0.875 bits per heavy atom. The van der Waals surface area contributed by atoms with Gasteiger partial charge in [0.25, 0.3) is 0 Å². The Morgan fingerprint density at radius 2 is 1.72 bits per heavy atom. The van der Waals surface area contributed by atoms with Gasteiger partial charge in [0.1, 0.15) is 18.2 Å². The van der Waals surface area contributed by atoms with Crippen LogP contribution in [-0.2, 0) is 13.2 Å². The zero-order valence-electron chi connectivity index (χ0n) is 17.6. The van der Waals surface area contributed by atoms with Crippen molar-refractivity contribution < 1.29 is 4.74 Å². The van der Waals surface area contributed by atoms with E-state index in [0.717, 1.165) is 39.2 Å². The van der Waals surface area contributed by atoms with Crippen LogP contribution < -0.4 is 15.8 Å². The number of hydrogen-bond acceptors (Lipinski definition) is 4. The van der Waals surface area contributed by atoms with Gasteiger partial charge in [-0.15, -0.1) is 0 Å². The predicted molar refractivity (Wildman–Crippen MR) is 130 cm³/mol. The lowest BCUT2D eigenvalue weighted by atomic mass is 10.0. The zero-order valence-corrected chi connectivity index (χ0v) is 17.6. The van der Waals surface area contributed by atoms with Crippen molar-refractivity contribution in [1.82, 2.24) is 9.97 Å². The summed E-state index contributed by atoms with van der Waals surface area (Å²) in [6.07, 6.45) is 3.65. The number of aromatic amines is 1. The first-order valence-electron chi connectivity index (χ1n) is 10.6. The fraction of sp³-hybridized carbons (Fsp3) is 0.0741. The highest BCUT2D eigenvalue weighted by molar-refractivity contribution is 5.85. The second-order valence-electron chi connectivity index (χ2n) is 7.67. The van der Waals surface area contributed by atoms with Crippen molar-refractivity contribution in [3.8, 4) is 16.9 Å². The normalized spacial score (nSPS) is 10.9. The van der Waals surface area contributed by atoms with Crippen LogP contribution in [0.25, 0.3) is 22.0 Å². The van der Waals surface area contributed by atoms with Gasteiger partial charge in [-0.25, -0.2) is 4.98 Å². The third-order valence-corrected chi connectivity index (χ3v) is 5.49. The number of pyridine rings is 1. The molecule has 0 aliphatic carbocycles. The van der Waals surface area contributed by atoms with Crippen molar-refractivity contribution in [1.29, 1.82) is 0 Å². The van der Waals surface area contributed by atoms with E-state index in [2.05, 4.69) is 63.8 Å². The van der Waals surface area contributed by atoms with E-state index < -0.39 is 0 Å². The Bertz CT molecular complexity index is 1340. The third-order valence-electron chi connectivity index (χ3n) is 5.49. The lowest BCUT2D eigenvalue weighted by molar-refractivity contribution is 0.303. The number of rotatable bonds is 7. The molecular formula is C27H24N4O. The molecule has 0 amide bonds. The molecule has 32 heavy (non-hydrogen) atoms. The smallest absolute Gasteiger partial charge is 0.146 e. The molecule has 5 heteroatoms. The minimum atomic E-state index is 0.479. The van der Waals surface area contributed by atoms with Crippen LogP contribution in [0.5, 0.6) is 5.75 Å². The average Bonchev–Trinajstić information content (AvgIpc) is 3.31. The summed E-state index contributed by atoms with van der Waals surface area (Å²) < 4.78 is 6.20. The number of benzene rings is 3. The van der Waals surface area contributed by atoms with Gasteiger partial charge >= 0.3 is 0 Å². The maximum absolute atomic E-state index is 6.20. The average molecular weight is 421 g/mol. The van der Waals surface area contributed by atoms with Gasteiger partial charge in [0.15, 0.2) is 0 Å². The standard InChI is InChI=1S/C27H24N4O/c28-27-24(7-4-13-30-27)31-17-23-15-21(22-9-8-20-12-14-29-25(20)16-22)10-11-26(23)32-18-19-5-2-1-3-6-19/h1-16,29,31H,17-18H2,(H2,28,30). The van der Waals surface area contributed by atoms with Gasteiger partial charge in [0, 0.05) is 30.0 Å². The SMILES string of the molecule is Nc1ncccc1NCc1cc(-c2ccc3cc[nH]c3c2)ccc1OCc1ccccc1. The molecule has 0 saturated carbocycles. The van der Waals surface area contributed by atoms with Gasteiger partial charge < -0.3 is 20.8 Å². The fourth-order valence-electron chi connectivity index (χ4n) is 3.76. The van der Waals surface area contributed by atoms with Crippen molar-refractivity contribution in [2.45, 2.75) is 13.2 Å². The molecule has 0 atom stereocenters. The maximum atomic E-state index is 6.20. The quantitative estimate of drug-likeness (QED) is 0.302. The number of hydrogen-bond donors (Lipinski definition) is 3. The van der Waals surface area contributed by atoms with E-state index in [1.165, 1.54) is 5.39 Å². The molecule has 4 N–H and O–H groups in total. The first kappa shape index (κ1) is 19.7. The summed E-state index contributed by atoms with van der Waals surface area (Å²) in [5.41, 5.74) is 12.4. The third kappa shape index (κ3) is 4.27. The molecule has 0 radical (unpaired) electrons. The Kier molecular flexibility index (Phi) is 5.45. The van der Waals surface area contributed by atoms with Gasteiger partial charge in [-0.1, -0.05) is 48.5 Å². The number of nitrogens with two attached hydrogens (primary N) is 1. The molecule has 0 aliphatic rings. The molecule has 5 aromatic rings. The Labute approximate surface area is 186 Å². The van der Waals surface area contributed by atoms with Crippen LogP contribution in [0.3, 0.4) is 0 Å². The molecule has 0 bridgehead atoms. The fourth-order valence-corrected chi connectivity index (χ4v) is 3.76. The molecule has 0 unspecified atom stereocenters. The van der Waals surface area contributed by atoms with Crippen LogP contribution in [-0.4, -0.2) is 9.97 Å². The van der Waals surface area contributed by atoms with Crippen molar-refractivity contribution in [3.05, 3.63) is 108 Å². The Morgan fingerprint density at radius 3 is 2.59 bits per heavy atom. The minimum Gasteiger partial charge on any atom is -0.489 e. The van der Waals surface area contributed by atoms with Gasteiger partial charge in [0.05, 0.1) is 5.69 Å². The molecule has 0 saturated heterocycles. The maximum Gasteiger partial charge on any atom is 0.146 e. The Hall–Kier alpha value is -4.25. The van der Waals surface area contributed by atoms with E-state index in [4.69, 9.17) is 10.5 Å². The highest BCUT2D eigenvalue weighted by Crippen LogP contribution is 2.30. The topological polar surface area (TPSA) is 76.0 Å². The molecule has 0 fully saturated rings. The van der Waals surface area contributed by atoms with Crippen molar-refractivity contribution in [2.75, 3.05) is 11.1 Å². The van der Waals surface area contributed by atoms with E-state index in [9.17, 15) is 0 Å². The number of ether oxygens (including phenoxy) is 1. The Balaban J connectivity index is 1.45. The largest absolute Gasteiger partial charge is 0.489 e. The molecule has 5 nitrogen and oxygen atoms in total. The highest BCUT2D eigenvalue weighted by Gasteiger charge is 2.10. The molecular weight excluding hydrogens is 396 g/mol. The first-order chi connectivity index (χ1) is 15.8. The highest BCUT2D eigenvalue weighted by atomic mass is 16.5. The van der Waals surface area contributed by atoms with Crippen LogP contribution in [0.15, 0.2) is 97.3 Å². The van der Waals surface area contributed by atoms with Crippen molar-refractivity contribution in [2.24, 2.45) is 0 Å². The second-order valence-corrected chi connectivity index (χ2v) is 7.67. The summed E-state index contributed by atoms with van der Waals surface area (Å²) in [5.74, 6) is 1.32.